The topological polar surface area (TPSA) is 116 Å². The summed E-state index contributed by atoms with van der Waals surface area (Å²) in [6.45, 7) is 7.18. The third-order valence-electron chi connectivity index (χ3n) is 7.91. The fourth-order valence-electron chi connectivity index (χ4n) is 5.39. The lowest BCUT2D eigenvalue weighted by molar-refractivity contribution is -0.127. The quantitative estimate of drug-likeness (QED) is 0.619. The molecule has 1 saturated heterocycles. The number of hydrogen-bond donors (Lipinski definition) is 1. The van der Waals surface area contributed by atoms with Gasteiger partial charge in [0.25, 0.3) is 0 Å². The number of hydrogen-bond acceptors (Lipinski definition) is 7. The molecule has 1 aromatic heterocycles. The Kier molecular flexibility index (Phi) is 6.59. The molecule has 2 aliphatic carbocycles. The van der Waals surface area contributed by atoms with Gasteiger partial charge in [-0.2, -0.15) is 5.26 Å². The van der Waals surface area contributed by atoms with Gasteiger partial charge in [0, 0.05) is 41.6 Å². The molecule has 2 atom stereocenters. The van der Waals surface area contributed by atoms with Crippen molar-refractivity contribution in [2.45, 2.75) is 76.2 Å². The first kappa shape index (κ1) is 25.8. The van der Waals surface area contributed by atoms with E-state index < -0.39 is 15.4 Å². The zero-order valence-electron chi connectivity index (χ0n) is 21.9. The highest BCUT2D eigenvalue weighted by molar-refractivity contribution is 7.91. The van der Waals surface area contributed by atoms with E-state index in [0.717, 1.165) is 48.4 Å². The van der Waals surface area contributed by atoms with Crippen molar-refractivity contribution in [1.29, 1.82) is 5.26 Å². The number of amides is 1. The second kappa shape index (κ2) is 9.46. The molecular weight excluding hydrogens is 488 g/mol. The molecule has 8 nitrogen and oxygen atoms in total. The number of benzene rings is 1. The molecular formula is C28H36N4O4S. The van der Waals surface area contributed by atoms with Crippen LogP contribution in [0.3, 0.4) is 0 Å². The standard InChI is InChI=1S/C28H36N4O4S/c1-27(2,3)26-30-23(19-8-10-20(11-9-19)32-14-16-37(34,35)17-15-32)24(36-26)21-6-4-5-7-22(21)25(33)31-28(18-29)12-13-28/h8-11,21-22H,4-7,12-17H2,1-3H3,(H,31,33)/t21-,22-/m1/s1. The molecule has 0 radical (unpaired) electrons. The van der Waals surface area contributed by atoms with E-state index in [4.69, 9.17) is 9.40 Å². The number of nitrogens with one attached hydrogen (secondary N) is 1. The summed E-state index contributed by atoms with van der Waals surface area (Å²) in [6.07, 6.45) is 5.01. The second-order valence-corrected chi connectivity index (χ2v) is 14.2. The summed E-state index contributed by atoms with van der Waals surface area (Å²) >= 11 is 0. The maximum absolute atomic E-state index is 13.3. The van der Waals surface area contributed by atoms with Gasteiger partial charge >= 0.3 is 0 Å². The van der Waals surface area contributed by atoms with E-state index in [9.17, 15) is 18.5 Å². The maximum Gasteiger partial charge on any atom is 0.225 e. The number of anilines is 1. The molecule has 198 valence electrons. The summed E-state index contributed by atoms with van der Waals surface area (Å²) in [5, 5.41) is 12.5. The SMILES string of the molecule is CC(C)(C)c1nc(-c2ccc(N3CCS(=O)(=O)CC3)cc2)c([C@@H]2CCCC[C@H]2C(=O)NC2(C#N)CC2)o1. The first-order valence-electron chi connectivity index (χ1n) is 13.3. The summed E-state index contributed by atoms with van der Waals surface area (Å²) in [5.74, 6) is 1.33. The van der Waals surface area contributed by atoms with Crippen molar-refractivity contribution in [1.82, 2.24) is 10.3 Å². The summed E-state index contributed by atoms with van der Waals surface area (Å²) < 4.78 is 30.1. The van der Waals surface area contributed by atoms with Gasteiger partial charge in [-0.3, -0.25) is 4.79 Å². The molecule has 0 bridgehead atoms. The predicted molar refractivity (Wildman–Crippen MR) is 142 cm³/mol. The zero-order chi connectivity index (χ0) is 26.4. The second-order valence-electron chi connectivity index (χ2n) is 11.8. The third-order valence-corrected chi connectivity index (χ3v) is 9.52. The number of rotatable bonds is 5. The summed E-state index contributed by atoms with van der Waals surface area (Å²) in [4.78, 5) is 20.4. The lowest BCUT2D eigenvalue weighted by Gasteiger charge is -2.30. The van der Waals surface area contributed by atoms with Gasteiger partial charge < -0.3 is 14.6 Å². The highest BCUT2D eigenvalue weighted by atomic mass is 32.2. The minimum absolute atomic E-state index is 0.0567. The van der Waals surface area contributed by atoms with Crippen LogP contribution in [-0.2, 0) is 20.0 Å². The molecule has 1 N–H and O–H groups in total. The van der Waals surface area contributed by atoms with Gasteiger partial charge in [-0.1, -0.05) is 45.7 Å². The highest BCUT2D eigenvalue weighted by Gasteiger charge is 2.47. The van der Waals surface area contributed by atoms with Crippen LogP contribution in [-0.4, -0.2) is 49.4 Å². The molecule has 1 amide bonds. The number of nitriles is 1. The Labute approximate surface area is 219 Å². The molecule has 5 rings (SSSR count). The fraction of sp³-hybridized carbons (Fsp3) is 0.607. The summed E-state index contributed by atoms with van der Waals surface area (Å²) in [6, 6.07) is 10.3. The van der Waals surface area contributed by atoms with Crippen LogP contribution in [0.4, 0.5) is 5.69 Å². The minimum Gasteiger partial charge on any atom is -0.444 e. The number of oxazole rings is 1. The van der Waals surface area contributed by atoms with Crippen LogP contribution in [0, 0.1) is 17.2 Å². The Bertz CT molecular complexity index is 1300. The Morgan fingerprint density at radius 1 is 1.14 bits per heavy atom. The van der Waals surface area contributed by atoms with E-state index >= 15 is 0 Å². The fourth-order valence-corrected chi connectivity index (χ4v) is 6.59. The van der Waals surface area contributed by atoms with E-state index in [-0.39, 0.29) is 34.7 Å². The molecule has 9 heteroatoms. The number of carbonyl (C=O) groups is 1. The Morgan fingerprint density at radius 2 is 1.78 bits per heavy atom. The molecule has 3 aliphatic rings. The molecule has 0 unspecified atom stereocenters. The van der Waals surface area contributed by atoms with Crippen LogP contribution >= 0.6 is 0 Å². The Balaban J connectivity index is 1.45. The molecule has 0 spiro atoms. The largest absolute Gasteiger partial charge is 0.444 e. The van der Waals surface area contributed by atoms with E-state index in [1.165, 1.54) is 0 Å². The number of aromatic nitrogens is 1. The van der Waals surface area contributed by atoms with Crippen molar-refractivity contribution in [3.63, 3.8) is 0 Å². The first-order valence-corrected chi connectivity index (χ1v) is 15.1. The zero-order valence-corrected chi connectivity index (χ0v) is 22.7. The van der Waals surface area contributed by atoms with E-state index in [0.29, 0.717) is 31.8 Å². The van der Waals surface area contributed by atoms with Crippen LogP contribution in [0.15, 0.2) is 28.7 Å². The molecule has 1 aromatic carbocycles. The van der Waals surface area contributed by atoms with Gasteiger partial charge in [0.05, 0.1) is 17.6 Å². The van der Waals surface area contributed by atoms with Crippen molar-refractivity contribution in [2.24, 2.45) is 5.92 Å². The number of nitrogens with zero attached hydrogens (tertiary/aromatic N) is 3. The molecule has 1 aliphatic heterocycles. The summed E-state index contributed by atoms with van der Waals surface area (Å²) in [5.41, 5.74) is 1.69. The van der Waals surface area contributed by atoms with Crippen molar-refractivity contribution in [3.8, 4) is 17.3 Å². The van der Waals surface area contributed by atoms with Gasteiger partial charge in [0.2, 0.25) is 5.91 Å². The lowest BCUT2D eigenvalue weighted by Crippen LogP contribution is -2.42. The highest BCUT2D eigenvalue weighted by Crippen LogP contribution is 2.45. The van der Waals surface area contributed by atoms with Gasteiger partial charge in [-0.05, 0) is 37.8 Å². The van der Waals surface area contributed by atoms with Crippen LogP contribution in [0.2, 0.25) is 0 Å². The van der Waals surface area contributed by atoms with E-state index in [1.54, 1.807) is 0 Å². The third kappa shape index (κ3) is 5.40. The van der Waals surface area contributed by atoms with Crippen molar-refractivity contribution < 1.29 is 17.6 Å². The molecule has 2 aromatic rings. The van der Waals surface area contributed by atoms with Crippen LogP contribution in [0.5, 0.6) is 0 Å². The van der Waals surface area contributed by atoms with Crippen molar-refractivity contribution in [2.75, 3.05) is 29.5 Å². The van der Waals surface area contributed by atoms with Crippen LogP contribution in [0.1, 0.15) is 76.9 Å². The van der Waals surface area contributed by atoms with E-state index in [1.807, 2.05) is 24.3 Å². The average Bonchev–Trinajstić information content (AvgIpc) is 3.49. The number of sulfone groups is 1. The van der Waals surface area contributed by atoms with E-state index in [2.05, 4.69) is 37.1 Å². The minimum atomic E-state index is -2.94. The molecule has 2 heterocycles. The van der Waals surface area contributed by atoms with Gasteiger partial charge in [0.1, 0.15) is 17.0 Å². The first-order chi connectivity index (χ1) is 17.5. The van der Waals surface area contributed by atoms with Gasteiger partial charge in [0.15, 0.2) is 15.7 Å². The monoisotopic (exact) mass is 524 g/mol. The summed E-state index contributed by atoms with van der Waals surface area (Å²) in [7, 11) is -2.94. The average molecular weight is 525 g/mol. The maximum atomic E-state index is 13.3. The Morgan fingerprint density at radius 3 is 2.38 bits per heavy atom. The van der Waals surface area contributed by atoms with Crippen LogP contribution < -0.4 is 10.2 Å². The lowest BCUT2D eigenvalue weighted by atomic mass is 9.76. The van der Waals surface area contributed by atoms with Gasteiger partial charge in [-0.25, -0.2) is 13.4 Å². The smallest absolute Gasteiger partial charge is 0.225 e. The normalized spacial score (nSPS) is 24.8. The molecule has 3 fully saturated rings. The van der Waals surface area contributed by atoms with Crippen LogP contribution in [0.25, 0.3) is 11.3 Å². The Hall–Kier alpha value is -2.86. The van der Waals surface area contributed by atoms with Gasteiger partial charge in [-0.15, -0.1) is 0 Å². The number of carbonyl (C=O) groups excluding carboxylic acids is 1. The molecule has 37 heavy (non-hydrogen) atoms. The molecule has 2 saturated carbocycles. The van der Waals surface area contributed by atoms with Crippen molar-refractivity contribution >= 4 is 21.4 Å². The van der Waals surface area contributed by atoms with Crippen molar-refractivity contribution in [3.05, 3.63) is 35.9 Å². The predicted octanol–water partition coefficient (Wildman–Crippen LogP) is 4.32.